The smallest absolute Gasteiger partial charge is 0.232 e. The van der Waals surface area contributed by atoms with Crippen molar-refractivity contribution >= 4 is 21.6 Å². The molecular weight excluding hydrogens is 412 g/mol. The maximum Gasteiger partial charge on any atom is 0.232 e. The monoisotopic (exact) mass is 446 g/mol. The summed E-state index contributed by atoms with van der Waals surface area (Å²) in [4.78, 5) is 12.1. The van der Waals surface area contributed by atoms with Crippen molar-refractivity contribution in [2.75, 3.05) is 30.3 Å². The van der Waals surface area contributed by atoms with Crippen molar-refractivity contribution in [2.45, 2.75) is 46.0 Å². The van der Waals surface area contributed by atoms with E-state index in [0.717, 1.165) is 30.6 Å². The minimum atomic E-state index is -3.42. The Morgan fingerprint density at radius 3 is 2.48 bits per heavy atom. The molecule has 0 radical (unpaired) electrons. The van der Waals surface area contributed by atoms with Crippen molar-refractivity contribution in [2.24, 2.45) is 0 Å². The van der Waals surface area contributed by atoms with Gasteiger partial charge in [0.1, 0.15) is 12.4 Å². The number of aryl methyl sites for hydroxylation is 2. The van der Waals surface area contributed by atoms with Gasteiger partial charge in [0.2, 0.25) is 15.9 Å². The van der Waals surface area contributed by atoms with E-state index in [1.807, 2.05) is 55.5 Å². The number of unbranched alkanes of at least 4 members (excludes halogenated alkanes) is 1. The van der Waals surface area contributed by atoms with Gasteiger partial charge in [-0.3, -0.25) is 9.10 Å². The SMILES string of the molecule is CCCCc1ccc(N(CCCC(=O)NCCOc2cccc(C)c2)S(C)(=O)=O)cc1. The number of hydrogen-bond donors (Lipinski definition) is 1. The van der Waals surface area contributed by atoms with E-state index in [9.17, 15) is 13.2 Å². The third-order valence-electron chi connectivity index (χ3n) is 4.89. The van der Waals surface area contributed by atoms with Gasteiger partial charge in [-0.1, -0.05) is 37.6 Å². The van der Waals surface area contributed by atoms with Crippen molar-refractivity contribution in [1.29, 1.82) is 0 Å². The zero-order valence-corrected chi connectivity index (χ0v) is 19.6. The first-order valence-electron chi connectivity index (χ1n) is 10.8. The van der Waals surface area contributed by atoms with Crippen molar-refractivity contribution in [3.05, 3.63) is 59.7 Å². The number of carbonyl (C=O) groups excluding carboxylic acids is 1. The Kier molecular flexibility index (Phi) is 9.85. The van der Waals surface area contributed by atoms with E-state index in [0.29, 0.717) is 25.3 Å². The lowest BCUT2D eigenvalue weighted by molar-refractivity contribution is -0.121. The number of nitrogens with zero attached hydrogens (tertiary/aromatic N) is 1. The number of nitrogens with one attached hydrogen (secondary N) is 1. The number of ether oxygens (including phenoxy) is 1. The van der Waals surface area contributed by atoms with Crippen LogP contribution >= 0.6 is 0 Å². The molecule has 0 bridgehead atoms. The molecule has 2 aromatic rings. The Hall–Kier alpha value is -2.54. The second kappa shape index (κ2) is 12.3. The van der Waals surface area contributed by atoms with Gasteiger partial charge < -0.3 is 10.1 Å². The molecule has 31 heavy (non-hydrogen) atoms. The Morgan fingerprint density at radius 2 is 1.84 bits per heavy atom. The lowest BCUT2D eigenvalue weighted by Gasteiger charge is -2.22. The van der Waals surface area contributed by atoms with Gasteiger partial charge in [-0.15, -0.1) is 0 Å². The molecule has 0 spiro atoms. The molecule has 2 aromatic carbocycles. The first kappa shape index (κ1) is 24.7. The average molecular weight is 447 g/mol. The van der Waals surface area contributed by atoms with Crippen LogP contribution in [-0.4, -0.2) is 40.3 Å². The molecule has 0 aliphatic carbocycles. The van der Waals surface area contributed by atoms with Gasteiger partial charge in [0.15, 0.2) is 0 Å². The van der Waals surface area contributed by atoms with Crippen LogP contribution in [0.15, 0.2) is 48.5 Å². The third-order valence-corrected chi connectivity index (χ3v) is 6.09. The molecule has 0 unspecified atom stereocenters. The predicted molar refractivity (Wildman–Crippen MR) is 126 cm³/mol. The zero-order valence-electron chi connectivity index (χ0n) is 18.8. The summed E-state index contributed by atoms with van der Waals surface area (Å²) < 4.78 is 31.5. The highest BCUT2D eigenvalue weighted by molar-refractivity contribution is 7.92. The van der Waals surface area contributed by atoms with E-state index in [-0.39, 0.29) is 18.9 Å². The molecule has 0 aromatic heterocycles. The van der Waals surface area contributed by atoms with Gasteiger partial charge in [-0.05, 0) is 61.6 Å². The lowest BCUT2D eigenvalue weighted by atomic mass is 10.1. The van der Waals surface area contributed by atoms with Crippen LogP contribution in [0.25, 0.3) is 0 Å². The van der Waals surface area contributed by atoms with Gasteiger partial charge in [-0.2, -0.15) is 0 Å². The topological polar surface area (TPSA) is 75.7 Å². The Morgan fingerprint density at radius 1 is 1.10 bits per heavy atom. The lowest BCUT2D eigenvalue weighted by Crippen LogP contribution is -2.32. The van der Waals surface area contributed by atoms with Crippen LogP contribution in [0, 0.1) is 6.92 Å². The number of sulfonamides is 1. The predicted octanol–water partition coefficient (Wildman–Crippen LogP) is 4.08. The molecule has 0 aliphatic heterocycles. The number of carbonyl (C=O) groups is 1. The van der Waals surface area contributed by atoms with Crippen LogP contribution in [0.5, 0.6) is 5.75 Å². The number of anilines is 1. The molecule has 0 heterocycles. The fraction of sp³-hybridized carbons (Fsp3) is 0.458. The van der Waals surface area contributed by atoms with Gasteiger partial charge in [-0.25, -0.2) is 8.42 Å². The second-order valence-electron chi connectivity index (χ2n) is 7.72. The first-order chi connectivity index (χ1) is 14.8. The Labute approximate surface area is 186 Å². The Bertz CT molecular complexity index is 927. The fourth-order valence-corrected chi connectivity index (χ4v) is 4.20. The maximum atomic E-state index is 12.2. The number of rotatable bonds is 13. The van der Waals surface area contributed by atoms with E-state index in [1.54, 1.807) is 0 Å². The van der Waals surface area contributed by atoms with E-state index >= 15 is 0 Å². The first-order valence-corrected chi connectivity index (χ1v) is 12.7. The quantitative estimate of drug-likeness (QED) is 0.471. The Balaban J connectivity index is 1.77. The van der Waals surface area contributed by atoms with E-state index in [2.05, 4.69) is 12.2 Å². The zero-order chi connectivity index (χ0) is 22.7. The molecule has 6 nitrogen and oxygen atoms in total. The summed E-state index contributed by atoms with van der Waals surface area (Å²) >= 11 is 0. The summed E-state index contributed by atoms with van der Waals surface area (Å²) in [5.41, 5.74) is 2.95. The molecule has 1 amide bonds. The molecule has 0 aliphatic rings. The molecule has 170 valence electrons. The van der Waals surface area contributed by atoms with Crippen LogP contribution in [0.2, 0.25) is 0 Å². The summed E-state index contributed by atoms with van der Waals surface area (Å²) in [6.45, 7) is 5.19. The second-order valence-corrected chi connectivity index (χ2v) is 9.63. The number of amides is 1. The molecule has 7 heteroatoms. The summed E-state index contributed by atoms with van der Waals surface area (Å²) in [5.74, 6) is 0.662. The standard InChI is InChI=1S/C24H34N2O4S/c1-4-5-9-21-12-14-22(15-13-21)26(31(3,28)29)17-7-11-24(27)25-16-18-30-23-10-6-8-20(2)19-23/h6,8,10,12-15,19H,4-5,7,9,11,16-18H2,1-3H3,(H,25,27). The van der Waals surface area contributed by atoms with Crippen LogP contribution in [-0.2, 0) is 21.2 Å². The highest BCUT2D eigenvalue weighted by Gasteiger charge is 2.17. The number of hydrogen-bond acceptors (Lipinski definition) is 4. The molecule has 0 saturated carbocycles. The molecule has 0 atom stereocenters. The molecule has 0 saturated heterocycles. The summed E-state index contributed by atoms with van der Waals surface area (Å²) in [6.07, 6.45) is 5.11. The molecule has 0 fully saturated rings. The van der Waals surface area contributed by atoms with Crippen LogP contribution < -0.4 is 14.4 Å². The van der Waals surface area contributed by atoms with Crippen LogP contribution in [0.4, 0.5) is 5.69 Å². The van der Waals surface area contributed by atoms with E-state index in [4.69, 9.17) is 4.74 Å². The molecular formula is C24H34N2O4S. The van der Waals surface area contributed by atoms with Gasteiger partial charge in [0, 0.05) is 13.0 Å². The van der Waals surface area contributed by atoms with Crippen molar-refractivity contribution in [3.63, 3.8) is 0 Å². The normalized spacial score (nSPS) is 11.2. The van der Waals surface area contributed by atoms with Crippen molar-refractivity contribution in [3.8, 4) is 5.75 Å². The van der Waals surface area contributed by atoms with Gasteiger partial charge in [0.05, 0.1) is 18.5 Å². The highest BCUT2D eigenvalue weighted by Crippen LogP contribution is 2.20. The summed E-state index contributed by atoms with van der Waals surface area (Å²) in [5, 5.41) is 2.81. The summed E-state index contributed by atoms with van der Waals surface area (Å²) in [6, 6.07) is 15.4. The summed E-state index contributed by atoms with van der Waals surface area (Å²) in [7, 11) is -3.42. The minimum Gasteiger partial charge on any atom is -0.492 e. The van der Waals surface area contributed by atoms with Gasteiger partial charge >= 0.3 is 0 Å². The maximum absolute atomic E-state index is 12.2. The minimum absolute atomic E-state index is 0.115. The fourth-order valence-electron chi connectivity index (χ4n) is 3.23. The third kappa shape index (κ3) is 9.00. The van der Waals surface area contributed by atoms with Gasteiger partial charge in [0.25, 0.3) is 0 Å². The van der Waals surface area contributed by atoms with E-state index < -0.39 is 10.0 Å². The number of benzene rings is 2. The highest BCUT2D eigenvalue weighted by atomic mass is 32.2. The van der Waals surface area contributed by atoms with Crippen LogP contribution in [0.3, 0.4) is 0 Å². The van der Waals surface area contributed by atoms with Crippen molar-refractivity contribution in [1.82, 2.24) is 5.32 Å². The van der Waals surface area contributed by atoms with Crippen molar-refractivity contribution < 1.29 is 17.9 Å². The van der Waals surface area contributed by atoms with Crippen LogP contribution in [0.1, 0.15) is 43.7 Å². The molecule has 2 rings (SSSR count). The molecule has 1 N–H and O–H groups in total. The van der Waals surface area contributed by atoms with E-state index in [1.165, 1.54) is 16.1 Å². The largest absolute Gasteiger partial charge is 0.492 e. The average Bonchev–Trinajstić information content (AvgIpc) is 2.72.